The second-order valence-electron chi connectivity index (χ2n) is 4.92. The number of aliphatic carboxylic acids is 1. The lowest BCUT2D eigenvalue weighted by atomic mass is 10.1. The summed E-state index contributed by atoms with van der Waals surface area (Å²) in [7, 11) is 1.65. The van der Waals surface area contributed by atoms with Crippen LogP contribution in [0, 0.1) is 5.92 Å². The normalized spacial score (nSPS) is 31.8. The molecule has 0 aromatic heterocycles. The first-order valence-electron chi connectivity index (χ1n) is 6.27. The standard InChI is InChI=1S/C12H19NO5/c1-17-7-8-4-5-13(6-8)11(14)9-2-3-10(18-9)12(15)16/h8-10H,2-7H2,1H3,(H,15,16)/t8?,9-,10+/m0/s1. The monoisotopic (exact) mass is 257 g/mol. The number of carbonyl (C=O) groups excluding carboxylic acids is 1. The summed E-state index contributed by atoms with van der Waals surface area (Å²) in [6.07, 6.45) is 0.459. The van der Waals surface area contributed by atoms with Crippen LogP contribution in [0.3, 0.4) is 0 Å². The Balaban J connectivity index is 1.84. The van der Waals surface area contributed by atoms with Crippen LogP contribution in [0.1, 0.15) is 19.3 Å². The van der Waals surface area contributed by atoms with Crippen molar-refractivity contribution in [2.45, 2.75) is 31.5 Å². The van der Waals surface area contributed by atoms with Gasteiger partial charge in [0.05, 0.1) is 6.61 Å². The van der Waals surface area contributed by atoms with Gasteiger partial charge in [-0.25, -0.2) is 4.79 Å². The molecule has 6 nitrogen and oxygen atoms in total. The van der Waals surface area contributed by atoms with Gasteiger partial charge in [-0.2, -0.15) is 0 Å². The molecule has 1 amide bonds. The molecule has 0 spiro atoms. The first-order chi connectivity index (χ1) is 8.61. The van der Waals surface area contributed by atoms with Crippen LogP contribution in [0.4, 0.5) is 0 Å². The van der Waals surface area contributed by atoms with E-state index in [2.05, 4.69) is 0 Å². The molecule has 2 saturated heterocycles. The maximum Gasteiger partial charge on any atom is 0.332 e. The Bertz CT molecular complexity index is 332. The largest absolute Gasteiger partial charge is 0.479 e. The van der Waals surface area contributed by atoms with E-state index in [-0.39, 0.29) is 5.91 Å². The Kier molecular flexibility index (Phi) is 4.19. The van der Waals surface area contributed by atoms with E-state index in [4.69, 9.17) is 14.6 Å². The van der Waals surface area contributed by atoms with Crippen molar-refractivity contribution in [1.82, 2.24) is 4.90 Å². The van der Waals surface area contributed by atoms with Crippen LogP contribution in [0.5, 0.6) is 0 Å². The number of carbonyl (C=O) groups is 2. The molecule has 0 aliphatic carbocycles. The van der Waals surface area contributed by atoms with E-state index >= 15 is 0 Å². The van der Waals surface area contributed by atoms with Gasteiger partial charge in [0.25, 0.3) is 5.91 Å². The fourth-order valence-electron chi connectivity index (χ4n) is 2.61. The predicted octanol–water partition coefficient (Wildman–Crippen LogP) is 0.114. The Hall–Kier alpha value is -1.14. The summed E-state index contributed by atoms with van der Waals surface area (Å²) < 4.78 is 10.4. The lowest BCUT2D eigenvalue weighted by molar-refractivity contribution is -0.154. The number of hydrogen-bond donors (Lipinski definition) is 1. The smallest absolute Gasteiger partial charge is 0.332 e. The third-order valence-corrected chi connectivity index (χ3v) is 3.57. The molecule has 1 unspecified atom stereocenters. The summed E-state index contributed by atoms with van der Waals surface area (Å²) in [4.78, 5) is 24.7. The second kappa shape index (κ2) is 5.67. The van der Waals surface area contributed by atoms with Crippen molar-refractivity contribution < 1.29 is 24.2 Å². The molecule has 2 aliphatic rings. The van der Waals surface area contributed by atoms with Gasteiger partial charge < -0.3 is 19.5 Å². The molecule has 0 bridgehead atoms. The third kappa shape index (κ3) is 2.81. The SMILES string of the molecule is COCC1CCN(C(=O)[C@@H]2CC[C@H](C(=O)O)O2)C1. The minimum atomic E-state index is -0.982. The fraction of sp³-hybridized carbons (Fsp3) is 0.833. The number of amides is 1. The highest BCUT2D eigenvalue weighted by molar-refractivity contribution is 5.83. The average Bonchev–Trinajstić information content (AvgIpc) is 2.97. The summed E-state index contributed by atoms with van der Waals surface area (Å²) in [5, 5.41) is 8.82. The van der Waals surface area contributed by atoms with E-state index in [1.165, 1.54) is 0 Å². The van der Waals surface area contributed by atoms with Gasteiger partial charge in [-0.3, -0.25) is 4.79 Å². The number of likely N-dealkylation sites (tertiary alicyclic amines) is 1. The Morgan fingerprint density at radius 3 is 2.67 bits per heavy atom. The van der Waals surface area contributed by atoms with E-state index in [0.29, 0.717) is 38.5 Å². The van der Waals surface area contributed by atoms with Gasteiger partial charge in [0.2, 0.25) is 0 Å². The lowest BCUT2D eigenvalue weighted by Gasteiger charge is -2.20. The molecular weight excluding hydrogens is 238 g/mol. The summed E-state index contributed by atoms with van der Waals surface area (Å²) in [5.41, 5.74) is 0. The van der Waals surface area contributed by atoms with Crippen LogP contribution < -0.4 is 0 Å². The number of hydrogen-bond acceptors (Lipinski definition) is 4. The molecule has 2 rings (SSSR count). The van der Waals surface area contributed by atoms with E-state index < -0.39 is 18.2 Å². The zero-order valence-electron chi connectivity index (χ0n) is 10.5. The lowest BCUT2D eigenvalue weighted by Crippen LogP contribution is -2.38. The van der Waals surface area contributed by atoms with Crippen molar-refractivity contribution in [3.8, 4) is 0 Å². The van der Waals surface area contributed by atoms with Gasteiger partial charge in [0.1, 0.15) is 6.10 Å². The van der Waals surface area contributed by atoms with Gasteiger partial charge in [-0.1, -0.05) is 0 Å². The van der Waals surface area contributed by atoms with Crippen molar-refractivity contribution in [3.05, 3.63) is 0 Å². The molecule has 6 heteroatoms. The molecule has 2 fully saturated rings. The Labute approximate surface area is 106 Å². The highest BCUT2D eigenvalue weighted by atomic mass is 16.5. The first-order valence-corrected chi connectivity index (χ1v) is 6.27. The van der Waals surface area contributed by atoms with Crippen LogP contribution in [0.25, 0.3) is 0 Å². The second-order valence-corrected chi connectivity index (χ2v) is 4.92. The van der Waals surface area contributed by atoms with Gasteiger partial charge in [0, 0.05) is 26.1 Å². The molecule has 0 aromatic carbocycles. The molecule has 102 valence electrons. The summed E-state index contributed by atoms with van der Waals surface area (Å²) in [5.74, 6) is -0.669. The average molecular weight is 257 g/mol. The third-order valence-electron chi connectivity index (χ3n) is 3.57. The molecular formula is C12H19NO5. The minimum Gasteiger partial charge on any atom is -0.479 e. The van der Waals surface area contributed by atoms with Crippen LogP contribution in [-0.2, 0) is 19.1 Å². The van der Waals surface area contributed by atoms with Crippen LogP contribution in [0.2, 0.25) is 0 Å². The Morgan fingerprint density at radius 2 is 2.06 bits per heavy atom. The minimum absolute atomic E-state index is 0.0719. The Morgan fingerprint density at radius 1 is 1.33 bits per heavy atom. The number of nitrogens with zero attached hydrogens (tertiary/aromatic N) is 1. The van der Waals surface area contributed by atoms with Crippen molar-refractivity contribution in [3.63, 3.8) is 0 Å². The van der Waals surface area contributed by atoms with Crippen molar-refractivity contribution in [1.29, 1.82) is 0 Å². The van der Waals surface area contributed by atoms with Gasteiger partial charge >= 0.3 is 5.97 Å². The van der Waals surface area contributed by atoms with E-state index in [0.717, 1.165) is 6.42 Å². The topological polar surface area (TPSA) is 76.1 Å². The van der Waals surface area contributed by atoms with Crippen LogP contribution in [-0.4, -0.2) is 60.9 Å². The predicted molar refractivity (Wildman–Crippen MR) is 62.1 cm³/mol. The van der Waals surface area contributed by atoms with E-state index in [1.54, 1.807) is 12.0 Å². The molecule has 0 aromatic rings. The van der Waals surface area contributed by atoms with Crippen molar-refractivity contribution in [2.24, 2.45) is 5.92 Å². The summed E-state index contributed by atoms with van der Waals surface area (Å²) in [6, 6.07) is 0. The molecule has 1 N–H and O–H groups in total. The van der Waals surface area contributed by atoms with E-state index in [1.807, 2.05) is 0 Å². The fourth-order valence-corrected chi connectivity index (χ4v) is 2.61. The molecule has 2 heterocycles. The van der Waals surface area contributed by atoms with Gasteiger partial charge in [0.15, 0.2) is 6.10 Å². The highest BCUT2D eigenvalue weighted by Gasteiger charge is 2.38. The maximum atomic E-state index is 12.1. The molecule has 18 heavy (non-hydrogen) atoms. The molecule has 0 radical (unpaired) electrons. The van der Waals surface area contributed by atoms with Gasteiger partial charge in [-0.15, -0.1) is 0 Å². The highest BCUT2D eigenvalue weighted by Crippen LogP contribution is 2.24. The number of rotatable bonds is 4. The molecule has 0 saturated carbocycles. The molecule has 3 atom stereocenters. The van der Waals surface area contributed by atoms with Crippen molar-refractivity contribution >= 4 is 11.9 Å². The van der Waals surface area contributed by atoms with Crippen LogP contribution >= 0.6 is 0 Å². The number of ether oxygens (including phenoxy) is 2. The van der Waals surface area contributed by atoms with Crippen molar-refractivity contribution in [2.75, 3.05) is 26.8 Å². The number of carboxylic acids is 1. The van der Waals surface area contributed by atoms with E-state index in [9.17, 15) is 9.59 Å². The summed E-state index contributed by atoms with van der Waals surface area (Å²) in [6.45, 7) is 2.06. The zero-order chi connectivity index (χ0) is 13.1. The molecule has 2 aliphatic heterocycles. The quantitative estimate of drug-likeness (QED) is 0.773. The van der Waals surface area contributed by atoms with Gasteiger partial charge in [-0.05, 0) is 19.3 Å². The first kappa shape index (κ1) is 13.3. The summed E-state index contributed by atoms with van der Waals surface area (Å²) >= 11 is 0. The maximum absolute atomic E-state index is 12.1. The van der Waals surface area contributed by atoms with Crippen LogP contribution in [0.15, 0.2) is 0 Å². The number of carboxylic acid groups (broad SMARTS) is 1. The number of methoxy groups -OCH3 is 1. The zero-order valence-corrected chi connectivity index (χ0v) is 10.5.